The van der Waals surface area contributed by atoms with Crippen molar-refractivity contribution >= 4 is 6.09 Å². The van der Waals surface area contributed by atoms with Crippen LogP contribution in [0.1, 0.15) is 23.6 Å². The van der Waals surface area contributed by atoms with Gasteiger partial charge in [0.2, 0.25) is 0 Å². The summed E-state index contributed by atoms with van der Waals surface area (Å²) < 4.78 is 0. The Morgan fingerprint density at radius 2 is 2.15 bits per heavy atom. The van der Waals surface area contributed by atoms with Crippen LogP contribution in [0.25, 0.3) is 0 Å². The average molecular weight is 176 g/mol. The van der Waals surface area contributed by atoms with E-state index in [4.69, 9.17) is 0 Å². The van der Waals surface area contributed by atoms with Gasteiger partial charge in [0.1, 0.15) is 0 Å². The summed E-state index contributed by atoms with van der Waals surface area (Å²) in [4.78, 5) is 10.3. The molecule has 1 aliphatic carbocycles. The van der Waals surface area contributed by atoms with Gasteiger partial charge in [0.25, 0.3) is 0 Å². The summed E-state index contributed by atoms with van der Waals surface area (Å²) in [6.45, 7) is 0. The number of benzene rings is 1. The van der Waals surface area contributed by atoms with Crippen LogP contribution in [-0.2, 0) is 11.5 Å². The molecule has 1 aromatic rings. The number of carbonyl (C=O) groups excluding carboxylic acids is 1. The second-order valence-corrected chi connectivity index (χ2v) is 3.22. The Morgan fingerprint density at radius 3 is 2.92 bits per heavy atom. The predicted octanol–water partition coefficient (Wildman–Crippen LogP) is 1.81. The average Bonchev–Trinajstić information content (AvgIpc) is 2.48. The van der Waals surface area contributed by atoms with Crippen LogP contribution in [0, 0.1) is 0 Å². The lowest BCUT2D eigenvalue weighted by molar-refractivity contribution is 0.164. The minimum atomic E-state index is -1.19. The number of rotatable bonds is 1. The molecule has 1 aromatic carbocycles. The van der Waals surface area contributed by atoms with Crippen molar-refractivity contribution in [2.45, 2.75) is 18.9 Å². The van der Waals surface area contributed by atoms with Crippen molar-refractivity contribution in [3.8, 4) is 0 Å². The molecule has 67 valence electrons. The van der Waals surface area contributed by atoms with Gasteiger partial charge in [-0.05, 0) is 24.0 Å². The minimum Gasteiger partial charge on any atom is -0.312 e. The Balaban J connectivity index is 2.23. The lowest BCUT2D eigenvalue weighted by Gasteiger charge is -2.09. The van der Waals surface area contributed by atoms with Gasteiger partial charge in [0.15, 0.2) is 0 Å². The molecule has 1 amide bonds. The summed E-state index contributed by atoms with van der Waals surface area (Å²) in [5, 5.41) is 12.7. The normalized spacial score (nSPS) is 19.5. The second-order valence-electron chi connectivity index (χ2n) is 3.22. The summed E-state index contributed by atoms with van der Waals surface area (Å²) in [6, 6.07) is 7.82. The van der Waals surface area contributed by atoms with Crippen molar-refractivity contribution in [1.29, 1.82) is 0 Å². The molecule has 3 nitrogen and oxygen atoms in total. The first-order valence-electron chi connectivity index (χ1n) is 4.32. The largest absolute Gasteiger partial charge is 0.451 e. The second kappa shape index (κ2) is 3.09. The highest BCUT2D eigenvalue weighted by molar-refractivity contribution is 5.65. The molecule has 1 N–H and O–H groups in total. The quantitative estimate of drug-likeness (QED) is 0.697. The van der Waals surface area contributed by atoms with Crippen LogP contribution >= 0.6 is 0 Å². The Bertz CT molecular complexity index is 335. The molecule has 0 heterocycles. The van der Waals surface area contributed by atoms with Gasteiger partial charge in [-0.3, -0.25) is 0 Å². The number of amides is 1. The lowest BCUT2D eigenvalue weighted by Crippen LogP contribution is -2.23. The molecular weight excluding hydrogens is 166 g/mol. The van der Waals surface area contributed by atoms with E-state index in [1.165, 1.54) is 5.56 Å². The molecule has 1 aliphatic rings. The topological polar surface area (TPSA) is 49.0 Å². The Kier molecular flexibility index (Phi) is 1.93. The summed E-state index contributed by atoms with van der Waals surface area (Å²) in [7, 11) is 0. The maximum absolute atomic E-state index is 10.3. The minimum absolute atomic E-state index is 0.0683. The fraction of sp³-hybridized carbons (Fsp3) is 0.300. The highest BCUT2D eigenvalue weighted by atomic mass is 16.4. The summed E-state index contributed by atoms with van der Waals surface area (Å²) in [6.07, 6.45) is 0.593. The van der Waals surface area contributed by atoms with Crippen LogP contribution in [0.5, 0.6) is 0 Å². The summed E-state index contributed by atoms with van der Waals surface area (Å²) >= 11 is 0. The van der Waals surface area contributed by atoms with Crippen LogP contribution < -0.4 is 5.32 Å². The van der Waals surface area contributed by atoms with Crippen molar-refractivity contribution in [3.05, 3.63) is 35.4 Å². The van der Waals surface area contributed by atoms with Gasteiger partial charge in [-0.1, -0.05) is 24.3 Å². The van der Waals surface area contributed by atoms with Crippen LogP contribution in [0.15, 0.2) is 24.3 Å². The van der Waals surface area contributed by atoms with Gasteiger partial charge >= 0.3 is 6.09 Å². The van der Waals surface area contributed by atoms with E-state index in [0.717, 1.165) is 18.4 Å². The molecule has 0 aliphatic heterocycles. The van der Waals surface area contributed by atoms with E-state index in [1.807, 2.05) is 24.3 Å². The summed E-state index contributed by atoms with van der Waals surface area (Å²) in [5.74, 6) is 0. The van der Waals surface area contributed by atoms with Crippen LogP contribution in [0.4, 0.5) is 4.79 Å². The van der Waals surface area contributed by atoms with Crippen LogP contribution in [-0.4, -0.2) is 6.09 Å². The third kappa shape index (κ3) is 1.49. The molecule has 0 aromatic heterocycles. The van der Waals surface area contributed by atoms with E-state index < -0.39 is 6.09 Å². The maximum atomic E-state index is 10.3. The van der Waals surface area contributed by atoms with Gasteiger partial charge in [-0.2, -0.15) is 0 Å². The zero-order valence-electron chi connectivity index (χ0n) is 7.12. The Morgan fingerprint density at radius 1 is 1.38 bits per heavy atom. The fourth-order valence-electron chi connectivity index (χ4n) is 1.85. The zero-order chi connectivity index (χ0) is 9.26. The number of carbonyl (C=O) groups is 1. The van der Waals surface area contributed by atoms with Crippen molar-refractivity contribution in [3.63, 3.8) is 0 Å². The van der Waals surface area contributed by atoms with Gasteiger partial charge < -0.3 is 5.32 Å². The van der Waals surface area contributed by atoms with Crippen LogP contribution in [0.2, 0.25) is 0 Å². The Hall–Kier alpha value is -1.51. The van der Waals surface area contributed by atoms with E-state index >= 15 is 0 Å². The number of fused-ring (bicyclic) bond motifs is 1. The highest BCUT2D eigenvalue weighted by Gasteiger charge is 2.23. The first kappa shape index (κ1) is 8.10. The smallest absolute Gasteiger partial charge is 0.312 e. The van der Waals surface area contributed by atoms with E-state index in [1.54, 1.807) is 0 Å². The first-order chi connectivity index (χ1) is 6.27. The molecule has 0 spiro atoms. The van der Waals surface area contributed by atoms with Crippen molar-refractivity contribution in [1.82, 2.24) is 5.32 Å². The highest BCUT2D eigenvalue weighted by Crippen LogP contribution is 2.30. The number of hydrogen-bond donors (Lipinski definition) is 1. The molecule has 0 saturated heterocycles. The third-order valence-electron chi connectivity index (χ3n) is 2.42. The summed E-state index contributed by atoms with van der Waals surface area (Å²) in [5.41, 5.74) is 2.33. The predicted molar refractivity (Wildman–Crippen MR) is 46.7 cm³/mol. The standard InChI is InChI=1S/C10H10NO2/c12-10(13)11-9-6-5-7-3-1-2-4-8(7)9/h1-4,9,11H,5-6H2. The molecular formula is C10H10NO2. The van der Waals surface area contributed by atoms with Crippen molar-refractivity contribution in [2.75, 3.05) is 0 Å². The molecule has 0 fully saturated rings. The molecule has 2 rings (SSSR count). The molecule has 3 heteroatoms. The van der Waals surface area contributed by atoms with Gasteiger partial charge in [-0.25, -0.2) is 9.90 Å². The first-order valence-corrected chi connectivity index (χ1v) is 4.32. The molecule has 13 heavy (non-hydrogen) atoms. The van der Waals surface area contributed by atoms with E-state index in [2.05, 4.69) is 5.32 Å². The molecule has 1 radical (unpaired) electrons. The van der Waals surface area contributed by atoms with Crippen molar-refractivity contribution < 1.29 is 9.90 Å². The van der Waals surface area contributed by atoms with Gasteiger partial charge in [0, 0.05) is 0 Å². The van der Waals surface area contributed by atoms with Crippen LogP contribution in [0.3, 0.4) is 0 Å². The molecule has 1 unspecified atom stereocenters. The zero-order valence-corrected chi connectivity index (χ0v) is 7.12. The molecule has 0 bridgehead atoms. The number of nitrogens with one attached hydrogen (secondary N) is 1. The number of hydrogen-bond acceptors (Lipinski definition) is 1. The Labute approximate surface area is 76.4 Å². The van der Waals surface area contributed by atoms with Gasteiger partial charge in [-0.15, -0.1) is 0 Å². The van der Waals surface area contributed by atoms with Crippen molar-refractivity contribution in [2.24, 2.45) is 0 Å². The maximum Gasteiger partial charge on any atom is 0.451 e. The van der Waals surface area contributed by atoms with Gasteiger partial charge in [0.05, 0.1) is 6.04 Å². The van der Waals surface area contributed by atoms with E-state index in [0.29, 0.717) is 0 Å². The number of aryl methyl sites for hydroxylation is 1. The SMILES string of the molecule is [O]C(=O)NC1CCc2ccccc21. The fourth-order valence-corrected chi connectivity index (χ4v) is 1.85. The van der Waals surface area contributed by atoms with E-state index in [9.17, 15) is 9.90 Å². The third-order valence-corrected chi connectivity index (χ3v) is 2.42. The lowest BCUT2D eigenvalue weighted by atomic mass is 10.1. The molecule has 1 atom stereocenters. The van der Waals surface area contributed by atoms with E-state index in [-0.39, 0.29) is 6.04 Å². The molecule has 0 saturated carbocycles. The monoisotopic (exact) mass is 176 g/mol.